The molecule has 4 atom stereocenters. The number of morpholine rings is 1. The Morgan fingerprint density at radius 1 is 1.05 bits per heavy atom. The molecular weight excluding hydrogens is 468 g/mol. The fourth-order valence-corrected chi connectivity index (χ4v) is 5.40. The van der Waals surface area contributed by atoms with Gasteiger partial charge in [-0.25, -0.2) is 10.4 Å². The molecule has 0 radical (unpaired) electrons. The number of ether oxygens (including phenoxy) is 2. The van der Waals surface area contributed by atoms with Gasteiger partial charge in [-0.1, -0.05) is 26.3 Å². The molecule has 0 aliphatic carbocycles. The van der Waals surface area contributed by atoms with Crippen molar-refractivity contribution in [1.29, 1.82) is 0 Å². The van der Waals surface area contributed by atoms with Gasteiger partial charge in [0.15, 0.2) is 5.58 Å². The van der Waals surface area contributed by atoms with E-state index in [-0.39, 0.29) is 30.0 Å². The summed E-state index contributed by atoms with van der Waals surface area (Å²) in [4.78, 5) is 19.3. The maximum Gasteiger partial charge on any atom is 0.243 e. The molecule has 1 aromatic heterocycles. The lowest BCUT2D eigenvalue weighted by molar-refractivity contribution is -0.126. The van der Waals surface area contributed by atoms with Crippen LogP contribution in [0.3, 0.4) is 0 Å². The SMILES string of the molecule is CCC[C@@H]1C(=O)NN=C(c2ccc3nc(-c4ccc(OCCN5C[C@@H](C)O[C@@H](C)C5)cc4)oc3c2)[C@H]1C. The number of carbonyl (C=O) groups excluding carboxylic acids is 1. The summed E-state index contributed by atoms with van der Waals surface area (Å²) in [5, 5.41) is 4.37. The maximum absolute atomic E-state index is 12.3. The first-order valence-electron chi connectivity index (χ1n) is 13.3. The van der Waals surface area contributed by atoms with Crippen molar-refractivity contribution in [2.45, 2.75) is 52.7 Å². The first-order valence-corrected chi connectivity index (χ1v) is 13.3. The third-order valence-corrected chi connectivity index (χ3v) is 7.21. The van der Waals surface area contributed by atoms with Crippen LogP contribution in [0, 0.1) is 11.8 Å². The first kappa shape index (κ1) is 25.4. The van der Waals surface area contributed by atoms with Gasteiger partial charge in [0.25, 0.3) is 0 Å². The van der Waals surface area contributed by atoms with Gasteiger partial charge in [-0.15, -0.1) is 0 Å². The molecule has 1 amide bonds. The Labute approximate surface area is 218 Å². The van der Waals surface area contributed by atoms with E-state index in [0.717, 1.165) is 60.6 Å². The number of benzene rings is 2. The molecule has 8 heteroatoms. The van der Waals surface area contributed by atoms with Crippen molar-refractivity contribution in [3.63, 3.8) is 0 Å². The summed E-state index contributed by atoms with van der Waals surface area (Å²) in [6.45, 7) is 11.8. The third kappa shape index (κ3) is 5.70. The monoisotopic (exact) mass is 504 g/mol. The number of hydrazone groups is 1. The molecule has 0 bridgehead atoms. The lowest BCUT2D eigenvalue weighted by Gasteiger charge is -2.35. The molecule has 0 unspecified atom stereocenters. The largest absolute Gasteiger partial charge is 0.492 e. The van der Waals surface area contributed by atoms with Crippen LogP contribution >= 0.6 is 0 Å². The molecular formula is C29H36N4O4. The molecule has 1 fully saturated rings. The van der Waals surface area contributed by atoms with Gasteiger partial charge in [-0.05, 0) is 56.7 Å². The number of hydrogen-bond donors (Lipinski definition) is 1. The molecule has 3 aromatic rings. The first-order chi connectivity index (χ1) is 17.9. The van der Waals surface area contributed by atoms with Crippen LogP contribution in [-0.2, 0) is 9.53 Å². The maximum atomic E-state index is 12.3. The summed E-state index contributed by atoms with van der Waals surface area (Å²) in [6, 6.07) is 13.8. The highest BCUT2D eigenvalue weighted by Crippen LogP contribution is 2.30. The van der Waals surface area contributed by atoms with Crippen molar-refractivity contribution >= 4 is 22.7 Å². The van der Waals surface area contributed by atoms with E-state index in [1.165, 1.54) is 0 Å². The number of nitrogens with zero attached hydrogens (tertiary/aromatic N) is 3. The van der Waals surface area contributed by atoms with Gasteiger partial charge in [0.1, 0.15) is 17.9 Å². The zero-order chi connectivity index (χ0) is 25.9. The Morgan fingerprint density at radius 2 is 1.78 bits per heavy atom. The molecule has 5 rings (SSSR count). The second-order valence-electron chi connectivity index (χ2n) is 10.2. The van der Waals surface area contributed by atoms with Crippen molar-refractivity contribution in [1.82, 2.24) is 15.3 Å². The lowest BCUT2D eigenvalue weighted by atomic mass is 9.82. The van der Waals surface area contributed by atoms with E-state index < -0.39 is 0 Å². The summed E-state index contributed by atoms with van der Waals surface area (Å²) >= 11 is 0. The zero-order valence-electron chi connectivity index (χ0n) is 22.1. The summed E-state index contributed by atoms with van der Waals surface area (Å²) in [7, 11) is 0. The minimum absolute atomic E-state index is 0.00107. The summed E-state index contributed by atoms with van der Waals surface area (Å²) in [5.41, 5.74) is 6.88. The number of nitrogens with one attached hydrogen (secondary N) is 1. The van der Waals surface area contributed by atoms with Gasteiger partial charge in [-0.3, -0.25) is 9.69 Å². The smallest absolute Gasteiger partial charge is 0.243 e. The third-order valence-electron chi connectivity index (χ3n) is 7.21. The van der Waals surface area contributed by atoms with Crippen molar-refractivity contribution in [2.24, 2.45) is 16.9 Å². The quantitative estimate of drug-likeness (QED) is 0.471. The van der Waals surface area contributed by atoms with Crippen LogP contribution in [0.1, 0.15) is 46.1 Å². The Hall–Kier alpha value is -3.23. The van der Waals surface area contributed by atoms with Crippen LogP contribution in [-0.4, -0.2) is 60.0 Å². The van der Waals surface area contributed by atoms with Crippen molar-refractivity contribution in [3.05, 3.63) is 48.0 Å². The molecule has 1 saturated heterocycles. The summed E-state index contributed by atoms with van der Waals surface area (Å²) in [6.07, 6.45) is 2.31. The number of fused-ring (bicyclic) bond motifs is 1. The van der Waals surface area contributed by atoms with Crippen LogP contribution < -0.4 is 10.2 Å². The highest BCUT2D eigenvalue weighted by atomic mass is 16.5. The summed E-state index contributed by atoms with van der Waals surface area (Å²) < 4.78 is 17.9. The van der Waals surface area contributed by atoms with Gasteiger partial charge in [-0.2, -0.15) is 5.10 Å². The van der Waals surface area contributed by atoms with Gasteiger partial charge >= 0.3 is 0 Å². The molecule has 2 aromatic carbocycles. The normalized spacial score (nSPS) is 24.6. The predicted molar refractivity (Wildman–Crippen MR) is 144 cm³/mol. The fraction of sp³-hybridized carbons (Fsp3) is 0.483. The van der Waals surface area contributed by atoms with Crippen LogP contribution in [0.15, 0.2) is 52.0 Å². The Kier molecular flexibility index (Phi) is 7.58. The minimum Gasteiger partial charge on any atom is -0.492 e. The molecule has 1 N–H and O–H groups in total. The average Bonchev–Trinajstić information content (AvgIpc) is 3.30. The van der Waals surface area contributed by atoms with Gasteiger partial charge in [0, 0.05) is 42.6 Å². The van der Waals surface area contributed by atoms with Gasteiger partial charge in [0.2, 0.25) is 11.8 Å². The molecule has 37 heavy (non-hydrogen) atoms. The molecule has 2 aliphatic heterocycles. The highest BCUT2D eigenvalue weighted by molar-refractivity contribution is 6.07. The summed E-state index contributed by atoms with van der Waals surface area (Å²) in [5.74, 6) is 1.35. The second-order valence-corrected chi connectivity index (χ2v) is 10.2. The Balaban J connectivity index is 1.24. The Bertz CT molecular complexity index is 1260. The Morgan fingerprint density at radius 3 is 2.51 bits per heavy atom. The van der Waals surface area contributed by atoms with E-state index in [1.807, 2.05) is 42.5 Å². The van der Waals surface area contributed by atoms with E-state index in [0.29, 0.717) is 18.1 Å². The average molecular weight is 505 g/mol. The number of carbonyl (C=O) groups is 1. The minimum atomic E-state index is -0.0693. The molecule has 0 saturated carbocycles. The van der Waals surface area contributed by atoms with Crippen molar-refractivity contribution in [3.8, 4) is 17.2 Å². The molecule has 3 heterocycles. The second kappa shape index (κ2) is 11.0. The number of hydrogen-bond acceptors (Lipinski definition) is 7. The van der Waals surface area contributed by atoms with Crippen LogP contribution in [0.2, 0.25) is 0 Å². The number of oxazole rings is 1. The van der Waals surface area contributed by atoms with Crippen LogP contribution in [0.4, 0.5) is 0 Å². The number of rotatable bonds is 8. The van der Waals surface area contributed by atoms with Gasteiger partial charge in [0.05, 0.1) is 17.9 Å². The lowest BCUT2D eigenvalue weighted by Crippen LogP contribution is -2.46. The zero-order valence-corrected chi connectivity index (χ0v) is 22.1. The fourth-order valence-electron chi connectivity index (χ4n) is 5.40. The number of aromatic nitrogens is 1. The van der Waals surface area contributed by atoms with E-state index in [4.69, 9.17) is 13.9 Å². The van der Waals surface area contributed by atoms with E-state index in [9.17, 15) is 4.79 Å². The predicted octanol–water partition coefficient (Wildman–Crippen LogP) is 4.87. The van der Waals surface area contributed by atoms with Crippen molar-refractivity contribution < 1.29 is 18.7 Å². The van der Waals surface area contributed by atoms with E-state index >= 15 is 0 Å². The van der Waals surface area contributed by atoms with Crippen molar-refractivity contribution in [2.75, 3.05) is 26.2 Å². The highest BCUT2D eigenvalue weighted by Gasteiger charge is 2.32. The van der Waals surface area contributed by atoms with E-state index in [1.54, 1.807) is 0 Å². The standard InChI is InChI=1S/C29H36N4O4/c1-5-6-24-20(4)27(31-32-28(24)34)22-9-12-25-26(15-22)37-29(30-25)21-7-10-23(11-8-21)35-14-13-33-16-18(2)36-19(3)17-33/h7-12,15,18-20,24H,5-6,13-14,16-17H2,1-4H3,(H,32,34)/t18-,19+,20-,24-/m0/s1. The van der Waals surface area contributed by atoms with Crippen LogP contribution in [0.5, 0.6) is 5.75 Å². The van der Waals surface area contributed by atoms with E-state index in [2.05, 4.69) is 48.1 Å². The van der Waals surface area contributed by atoms with Crippen LogP contribution in [0.25, 0.3) is 22.6 Å². The molecule has 2 aliphatic rings. The topological polar surface area (TPSA) is 89.2 Å². The molecule has 196 valence electrons. The molecule has 0 spiro atoms. The molecule has 8 nitrogen and oxygen atoms in total. The number of amides is 1. The van der Waals surface area contributed by atoms with Gasteiger partial charge < -0.3 is 13.9 Å².